The maximum absolute atomic E-state index is 11.7. The van der Waals surface area contributed by atoms with E-state index in [-0.39, 0.29) is 19.0 Å². The normalized spacial score (nSPS) is 15.5. The molecule has 0 bridgehead atoms. The van der Waals surface area contributed by atoms with Crippen LogP contribution in [0.5, 0.6) is 0 Å². The molecule has 0 aromatic heterocycles. The summed E-state index contributed by atoms with van der Waals surface area (Å²) in [5.74, 6) is -1.72. The molecule has 14 nitrogen and oxygen atoms in total. The minimum absolute atomic E-state index is 0.0920. The molecule has 0 unspecified atom stereocenters. The highest BCUT2D eigenvalue weighted by molar-refractivity contribution is 5.75. The molecule has 0 radical (unpaired) electrons. The van der Waals surface area contributed by atoms with Crippen LogP contribution in [0, 0.1) is 0 Å². The van der Waals surface area contributed by atoms with Gasteiger partial charge in [0.2, 0.25) is 5.91 Å². The lowest BCUT2D eigenvalue weighted by atomic mass is 10.2. The minimum Gasteiger partial charge on any atom is -0.480 e. The number of carboxylic acids is 2. The second-order valence-corrected chi connectivity index (χ2v) is 9.24. The van der Waals surface area contributed by atoms with Gasteiger partial charge in [0.25, 0.3) is 0 Å². The molecule has 248 valence electrons. The van der Waals surface area contributed by atoms with Crippen molar-refractivity contribution in [2.75, 3.05) is 98.9 Å². The lowest BCUT2D eigenvalue weighted by Crippen LogP contribution is -2.49. The molecular weight excluding hydrogens is 548 g/mol. The van der Waals surface area contributed by atoms with Gasteiger partial charge in [0.05, 0.1) is 19.6 Å². The lowest BCUT2D eigenvalue weighted by Gasteiger charge is -2.33. The SMILES string of the molecule is C=O.CC.CCCNC(=O)CCCCCNCN1CCN(CC=O)CCN(CC(=O)O)CCN(CC(=O)O)CC1.CO. The number of carbonyl (C=O) groups excluding carboxylic acids is 3. The Bertz CT molecular complexity index is 674. The Morgan fingerprint density at radius 2 is 1.19 bits per heavy atom. The van der Waals surface area contributed by atoms with E-state index >= 15 is 0 Å². The highest BCUT2D eigenvalue weighted by Crippen LogP contribution is 2.02. The standard InChI is InChI=1S/C24H46N6O6.C2H6.CH4O.CH2O/c1-2-7-26-22(32)6-4-3-5-8-25-21-30-15-10-27(17-18-31)9-11-28(19-23(33)34)12-13-29(14-16-30)20-24(35)36;3*1-2/h18,25H,2-17,19-21H2,1H3,(H,26,32)(H,33,34)(H,35,36);1-2H3;2H,1H3;1H2. The summed E-state index contributed by atoms with van der Waals surface area (Å²) < 4.78 is 0. The molecule has 0 aromatic rings. The first kappa shape index (κ1) is 44.0. The van der Waals surface area contributed by atoms with Crippen molar-refractivity contribution in [3.63, 3.8) is 0 Å². The fraction of sp³-hybridized carbons (Fsp3) is 0.821. The Morgan fingerprint density at radius 3 is 1.62 bits per heavy atom. The quantitative estimate of drug-likeness (QED) is 0.114. The predicted molar refractivity (Wildman–Crippen MR) is 163 cm³/mol. The van der Waals surface area contributed by atoms with Crippen molar-refractivity contribution in [1.82, 2.24) is 30.2 Å². The van der Waals surface area contributed by atoms with Gasteiger partial charge < -0.3 is 35.5 Å². The number of hydrogen-bond acceptors (Lipinski definition) is 11. The van der Waals surface area contributed by atoms with Crippen LogP contribution in [-0.4, -0.2) is 165 Å². The number of unbranched alkanes of at least 4 members (excludes halogenated alkanes) is 2. The van der Waals surface area contributed by atoms with Crippen molar-refractivity contribution >= 4 is 30.9 Å². The van der Waals surface area contributed by atoms with Gasteiger partial charge in [-0.25, -0.2) is 0 Å². The predicted octanol–water partition coefficient (Wildman–Crippen LogP) is -0.340. The van der Waals surface area contributed by atoms with Crippen molar-refractivity contribution in [2.45, 2.75) is 52.9 Å². The number of aliphatic hydroxyl groups excluding tert-OH is 1. The van der Waals surface area contributed by atoms with E-state index in [9.17, 15) is 29.4 Å². The third kappa shape index (κ3) is 27.7. The van der Waals surface area contributed by atoms with E-state index in [2.05, 4.69) is 15.5 Å². The monoisotopic (exact) mass is 606 g/mol. The van der Waals surface area contributed by atoms with E-state index in [1.165, 1.54) is 0 Å². The molecule has 1 aliphatic rings. The summed E-state index contributed by atoms with van der Waals surface area (Å²) in [6, 6.07) is 0. The third-order valence-corrected chi connectivity index (χ3v) is 6.15. The maximum Gasteiger partial charge on any atom is 0.317 e. The van der Waals surface area contributed by atoms with Crippen LogP contribution >= 0.6 is 0 Å². The summed E-state index contributed by atoms with van der Waals surface area (Å²) >= 11 is 0. The zero-order valence-electron chi connectivity index (χ0n) is 26.4. The summed E-state index contributed by atoms with van der Waals surface area (Å²) in [6.07, 6.45) is 5.17. The Hall–Kier alpha value is -2.49. The van der Waals surface area contributed by atoms with Gasteiger partial charge in [-0.3, -0.25) is 34.0 Å². The van der Waals surface area contributed by atoms with Crippen LogP contribution in [0.2, 0.25) is 0 Å². The number of nitrogens with one attached hydrogen (secondary N) is 2. The van der Waals surface area contributed by atoms with Gasteiger partial charge >= 0.3 is 11.9 Å². The average molecular weight is 607 g/mol. The van der Waals surface area contributed by atoms with E-state index in [4.69, 9.17) is 9.90 Å². The molecule has 0 aliphatic carbocycles. The topological polar surface area (TPSA) is 183 Å². The second-order valence-electron chi connectivity index (χ2n) is 9.24. The number of rotatable bonds is 16. The molecule has 42 heavy (non-hydrogen) atoms. The summed E-state index contributed by atoms with van der Waals surface area (Å²) in [6.45, 7) is 14.9. The number of amides is 1. The average Bonchev–Trinajstić information content (AvgIpc) is 2.99. The van der Waals surface area contributed by atoms with E-state index in [1.54, 1.807) is 4.90 Å². The van der Waals surface area contributed by atoms with E-state index in [0.29, 0.717) is 72.0 Å². The van der Waals surface area contributed by atoms with Gasteiger partial charge in [0.1, 0.15) is 13.1 Å². The fourth-order valence-corrected chi connectivity index (χ4v) is 4.03. The zero-order valence-corrected chi connectivity index (χ0v) is 26.4. The van der Waals surface area contributed by atoms with Crippen molar-refractivity contribution < 1.29 is 39.3 Å². The van der Waals surface area contributed by atoms with Crippen LogP contribution in [-0.2, 0) is 24.0 Å². The molecule has 1 saturated heterocycles. The molecule has 1 fully saturated rings. The second kappa shape index (κ2) is 33.0. The van der Waals surface area contributed by atoms with E-state index in [1.807, 2.05) is 37.4 Å². The molecule has 1 heterocycles. The Morgan fingerprint density at radius 1 is 0.738 bits per heavy atom. The van der Waals surface area contributed by atoms with Gasteiger partial charge in [0, 0.05) is 79.1 Å². The Kier molecular flexibility index (Phi) is 34.6. The molecular formula is C28H58N6O8. The number of carbonyl (C=O) groups is 5. The van der Waals surface area contributed by atoms with Crippen LogP contribution in [0.15, 0.2) is 0 Å². The molecule has 1 rings (SSSR count). The summed E-state index contributed by atoms with van der Waals surface area (Å²) in [7, 11) is 1.00. The van der Waals surface area contributed by atoms with Crippen LogP contribution in [0.4, 0.5) is 0 Å². The first-order chi connectivity index (χ1) is 20.3. The smallest absolute Gasteiger partial charge is 0.317 e. The zero-order chi connectivity index (χ0) is 32.6. The van der Waals surface area contributed by atoms with Crippen LogP contribution < -0.4 is 10.6 Å². The van der Waals surface area contributed by atoms with Crippen LogP contribution in [0.1, 0.15) is 52.9 Å². The maximum atomic E-state index is 11.7. The van der Waals surface area contributed by atoms with Gasteiger partial charge in [-0.15, -0.1) is 0 Å². The molecule has 0 atom stereocenters. The minimum atomic E-state index is -0.925. The number of aldehydes is 1. The van der Waals surface area contributed by atoms with Crippen molar-refractivity contribution in [1.29, 1.82) is 0 Å². The molecule has 14 heteroatoms. The highest BCUT2D eigenvalue weighted by atomic mass is 16.4. The number of nitrogens with zero attached hydrogens (tertiary/aromatic N) is 4. The van der Waals surface area contributed by atoms with Gasteiger partial charge in [-0.1, -0.05) is 27.2 Å². The fourth-order valence-electron chi connectivity index (χ4n) is 4.03. The molecule has 0 saturated carbocycles. The van der Waals surface area contributed by atoms with Crippen molar-refractivity contribution in [3.05, 3.63) is 0 Å². The molecule has 0 aromatic carbocycles. The lowest BCUT2D eigenvalue weighted by molar-refractivity contribution is -0.140. The Labute approximate surface area is 252 Å². The van der Waals surface area contributed by atoms with E-state index < -0.39 is 11.9 Å². The summed E-state index contributed by atoms with van der Waals surface area (Å²) in [5, 5.41) is 31.9. The largest absolute Gasteiger partial charge is 0.480 e. The summed E-state index contributed by atoms with van der Waals surface area (Å²) in [4.78, 5) is 61.3. The number of hydrogen-bond donors (Lipinski definition) is 5. The van der Waals surface area contributed by atoms with Crippen molar-refractivity contribution in [2.24, 2.45) is 0 Å². The number of aliphatic carboxylic acids is 2. The highest BCUT2D eigenvalue weighted by Gasteiger charge is 2.18. The van der Waals surface area contributed by atoms with Crippen LogP contribution in [0.3, 0.4) is 0 Å². The first-order valence-electron chi connectivity index (χ1n) is 14.8. The van der Waals surface area contributed by atoms with E-state index in [0.717, 1.165) is 52.2 Å². The number of aliphatic hydroxyl groups is 1. The van der Waals surface area contributed by atoms with Gasteiger partial charge in [-0.05, 0) is 25.8 Å². The van der Waals surface area contributed by atoms with Crippen molar-refractivity contribution in [3.8, 4) is 0 Å². The summed E-state index contributed by atoms with van der Waals surface area (Å²) in [5.41, 5.74) is 0. The van der Waals surface area contributed by atoms with Gasteiger partial charge in [0.15, 0.2) is 0 Å². The molecule has 0 spiro atoms. The first-order valence-corrected chi connectivity index (χ1v) is 14.8. The van der Waals surface area contributed by atoms with Gasteiger partial charge in [-0.2, -0.15) is 0 Å². The molecule has 1 amide bonds. The Balaban J connectivity index is -0.00000237. The molecule has 5 N–H and O–H groups in total. The third-order valence-electron chi connectivity index (χ3n) is 6.15. The number of carboxylic acid groups (broad SMARTS) is 2. The molecule has 1 aliphatic heterocycles. The van der Waals surface area contributed by atoms with Crippen LogP contribution in [0.25, 0.3) is 0 Å².